The third-order valence-electron chi connectivity index (χ3n) is 6.02. The van der Waals surface area contributed by atoms with Gasteiger partial charge in [0.2, 0.25) is 5.91 Å². The SMILES string of the molecule is CCNC(=O)CCCC=CCC1C(O)CC(C)C1C=CCCCc1ccccc1. The zero-order valence-corrected chi connectivity index (χ0v) is 18.2. The summed E-state index contributed by atoms with van der Waals surface area (Å²) in [6.45, 7) is 4.91. The summed E-state index contributed by atoms with van der Waals surface area (Å²) < 4.78 is 0. The van der Waals surface area contributed by atoms with Crippen LogP contribution in [-0.2, 0) is 11.2 Å². The lowest BCUT2D eigenvalue weighted by Crippen LogP contribution is -2.21. The van der Waals surface area contributed by atoms with Gasteiger partial charge in [-0.05, 0) is 75.2 Å². The van der Waals surface area contributed by atoms with Crippen molar-refractivity contribution >= 4 is 5.91 Å². The van der Waals surface area contributed by atoms with Gasteiger partial charge in [-0.25, -0.2) is 0 Å². The van der Waals surface area contributed by atoms with Gasteiger partial charge in [0.15, 0.2) is 0 Å². The molecule has 1 aliphatic carbocycles. The second kappa shape index (κ2) is 13.4. The first-order chi connectivity index (χ1) is 14.1. The predicted octanol–water partition coefficient (Wildman–Crippen LogP) is 5.45. The standard InChI is InChI=1S/C26H39NO2/c1-3-27-26(29)19-13-5-4-11-18-24-23(21(2)20-25(24)28)17-12-7-10-16-22-14-8-6-9-15-22/h4,6,8-9,11-12,14-15,17,21,23-25,28H,3,5,7,10,13,16,18-20H2,1-2H3,(H,27,29). The summed E-state index contributed by atoms with van der Waals surface area (Å²) in [5.74, 6) is 1.45. The molecule has 29 heavy (non-hydrogen) atoms. The Balaban J connectivity index is 1.71. The van der Waals surface area contributed by atoms with Gasteiger partial charge in [-0.2, -0.15) is 0 Å². The number of allylic oxidation sites excluding steroid dienone is 4. The molecule has 1 fully saturated rings. The Morgan fingerprint density at radius 3 is 2.66 bits per heavy atom. The van der Waals surface area contributed by atoms with E-state index in [1.54, 1.807) is 0 Å². The number of nitrogens with one attached hydrogen (secondary N) is 1. The largest absolute Gasteiger partial charge is 0.393 e. The fourth-order valence-electron chi connectivity index (χ4n) is 4.40. The molecular formula is C26H39NO2. The van der Waals surface area contributed by atoms with Crippen LogP contribution in [0.3, 0.4) is 0 Å². The molecule has 2 rings (SSSR count). The van der Waals surface area contributed by atoms with Crippen molar-refractivity contribution in [1.29, 1.82) is 0 Å². The second-order valence-corrected chi connectivity index (χ2v) is 8.38. The monoisotopic (exact) mass is 397 g/mol. The van der Waals surface area contributed by atoms with Crippen LogP contribution in [0.1, 0.15) is 64.4 Å². The lowest BCUT2D eigenvalue weighted by Gasteiger charge is -2.20. The van der Waals surface area contributed by atoms with Crippen molar-refractivity contribution < 1.29 is 9.90 Å². The molecule has 3 heteroatoms. The zero-order valence-electron chi connectivity index (χ0n) is 18.2. The van der Waals surface area contributed by atoms with Crippen LogP contribution in [0.2, 0.25) is 0 Å². The van der Waals surface area contributed by atoms with Crippen LogP contribution < -0.4 is 5.32 Å². The fourth-order valence-corrected chi connectivity index (χ4v) is 4.40. The summed E-state index contributed by atoms with van der Waals surface area (Å²) in [6, 6.07) is 10.7. The van der Waals surface area contributed by atoms with Crippen molar-refractivity contribution in [3.63, 3.8) is 0 Å². The highest BCUT2D eigenvalue weighted by Crippen LogP contribution is 2.40. The van der Waals surface area contributed by atoms with Gasteiger partial charge in [-0.15, -0.1) is 0 Å². The second-order valence-electron chi connectivity index (χ2n) is 8.38. The van der Waals surface area contributed by atoms with Gasteiger partial charge >= 0.3 is 0 Å². The normalized spacial score (nSPS) is 24.5. The quantitative estimate of drug-likeness (QED) is 0.364. The number of rotatable bonds is 12. The summed E-state index contributed by atoms with van der Waals surface area (Å²) in [5, 5.41) is 13.3. The Kier molecular flexibility index (Phi) is 10.8. The molecule has 0 aliphatic heterocycles. The molecule has 0 saturated heterocycles. The summed E-state index contributed by atoms with van der Waals surface area (Å²) in [6.07, 6.45) is 16.5. The summed E-state index contributed by atoms with van der Waals surface area (Å²) >= 11 is 0. The first-order valence-electron chi connectivity index (χ1n) is 11.4. The van der Waals surface area contributed by atoms with E-state index in [1.807, 2.05) is 6.92 Å². The number of aliphatic hydroxyl groups is 1. The van der Waals surface area contributed by atoms with E-state index in [4.69, 9.17) is 0 Å². The van der Waals surface area contributed by atoms with Crippen molar-refractivity contribution in [2.24, 2.45) is 17.8 Å². The number of unbranched alkanes of at least 4 members (excludes halogenated alkanes) is 2. The molecule has 2 N–H and O–H groups in total. The average Bonchev–Trinajstić information content (AvgIpc) is 2.98. The first-order valence-corrected chi connectivity index (χ1v) is 11.4. The van der Waals surface area contributed by atoms with E-state index in [9.17, 15) is 9.90 Å². The van der Waals surface area contributed by atoms with E-state index >= 15 is 0 Å². The maximum atomic E-state index is 11.5. The third kappa shape index (κ3) is 8.57. The van der Waals surface area contributed by atoms with Gasteiger partial charge in [0.1, 0.15) is 0 Å². The molecular weight excluding hydrogens is 358 g/mol. The smallest absolute Gasteiger partial charge is 0.219 e. The number of carbonyl (C=O) groups excluding carboxylic acids is 1. The number of benzene rings is 1. The van der Waals surface area contributed by atoms with Crippen molar-refractivity contribution in [2.75, 3.05) is 6.54 Å². The van der Waals surface area contributed by atoms with Gasteiger partial charge in [0.05, 0.1) is 6.10 Å². The summed E-state index contributed by atoms with van der Waals surface area (Å²) in [5.41, 5.74) is 1.40. The summed E-state index contributed by atoms with van der Waals surface area (Å²) in [4.78, 5) is 11.5. The number of hydrogen-bond donors (Lipinski definition) is 2. The van der Waals surface area contributed by atoms with Crippen LogP contribution in [0.5, 0.6) is 0 Å². The molecule has 160 valence electrons. The lowest BCUT2D eigenvalue weighted by atomic mass is 9.87. The Morgan fingerprint density at radius 1 is 1.14 bits per heavy atom. The molecule has 1 aromatic carbocycles. The van der Waals surface area contributed by atoms with E-state index in [1.165, 1.54) is 12.0 Å². The van der Waals surface area contributed by atoms with Crippen molar-refractivity contribution in [1.82, 2.24) is 5.32 Å². The van der Waals surface area contributed by atoms with E-state index in [0.29, 0.717) is 30.7 Å². The topological polar surface area (TPSA) is 49.3 Å². The molecule has 4 unspecified atom stereocenters. The highest BCUT2D eigenvalue weighted by Gasteiger charge is 2.37. The van der Waals surface area contributed by atoms with E-state index in [2.05, 4.69) is 66.9 Å². The molecule has 0 spiro atoms. The van der Waals surface area contributed by atoms with Gasteiger partial charge in [-0.3, -0.25) is 4.79 Å². The Hall–Kier alpha value is -1.87. The Morgan fingerprint density at radius 2 is 1.90 bits per heavy atom. The number of hydrogen-bond acceptors (Lipinski definition) is 2. The van der Waals surface area contributed by atoms with Crippen LogP contribution >= 0.6 is 0 Å². The van der Waals surface area contributed by atoms with Crippen molar-refractivity contribution in [2.45, 2.75) is 71.3 Å². The van der Waals surface area contributed by atoms with Gasteiger partial charge in [0, 0.05) is 13.0 Å². The molecule has 0 heterocycles. The van der Waals surface area contributed by atoms with Gasteiger partial charge < -0.3 is 10.4 Å². The number of carbonyl (C=O) groups is 1. The fraction of sp³-hybridized carbons (Fsp3) is 0.577. The summed E-state index contributed by atoms with van der Waals surface area (Å²) in [7, 11) is 0. The van der Waals surface area contributed by atoms with Crippen molar-refractivity contribution in [3.05, 3.63) is 60.2 Å². The third-order valence-corrected chi connectivity index (χ3v) is 6.02. The molecule has 1 saturated carbocycles. The van der Waals surface area contributed by atoms with E-state index < -0.39 is 0 Å². The highest BCUT2D eigenvalue weighted by molar-refractivity contribution is 5.75. The highest BCUT2D eigenvalue weighted by atomic mass is 16.3. The number of amides is 1. The van der Waals surface area contributed by atoms with Crippen molar-refractivity contribution in [3.8, 4) is 0 Å². The van der Waals surface area contributed by atoms with E-state index in [0.717, 1.165) is 38.5 Å². The zero-order chi connectivity index (χ0) is 20.9. The first kappa shape index (κ1) is 23.4. The minimum Gasteiger partial charge on any atom is -0.393 e. The molecule has 1 aliphatic rings. The van der Waals surface area contributed by atoms with Gasteiger partial charge in [-0.1, -0.05) is 61.6 Å². The van der Waals surface area contributed by atoms with Crippen LogP contribution in [-0.4, -0.2) is 23.7 Å². The molecule has 0 aromatic heterocycles. The lowest BCUT2D eigenvalue weighted by molar-refractivity contribution is -0.121. The minimum absolute atomic E-state index is 0.137. The minimum atomic E-state index is -0.205. The van der Waals surface area contributed by atoms with Crippen LogP contribution in [0.15, 0.2) is 54.6 Å². The predicted molar refractivity (Wildman–Crippen MR) is 122 cm³/mol. The number of aliphatic hydroxyl groups excluding tert-OH is 1. The van der Waals surface area contributed by atoms with Crippen LogP contribution in [0.25, 0.3) is 0 Å². The molecule has 0 radical (unpaired) electrons. The van der Waals surface area contributed by atoms with Gasteiger partial charge in [0.25, 0.3) is 0 Å². The molecule has 3 nitrogen and oxygen atoms in total. The van der Waals surface area contributed by atoms with Crippen LogP contribution in [0.4, 0.5) is 0 Å². The Labute approximate surface area is 177 Å². The number of aryl methyl sites for hydroxylation is 1. The molecule has 0 bridgehead atoms. The van der Waals surface area contributed by atoms with E-state index in [-0.39, 0.29) is 12.0 Å². The maximum Gasteiger partial charge on any atom is 0.219 e. The van der Waals surface area contributed by atoms with Crippen LogP contribution in [0, 0.1) is 17.8 Å². The average molecular weight is 398 g/mol. The maximum absolute atomic E-state index is 11.5. The Bertz CT molecular complexity index is 637. The molecule has 1 aromatic rings. The molecule has 4 atom stereocenters. The molecule has 1 amide bonds.